The zero-order valence-corrected chi connectivity index (χ0v) is 13.8. The summed E-state index contributed by atoms with van der Waals surface area (Å²) in [5.41, 5.74) is 0.961. The molecule has 1 aromatic rings. The van der Waals surface area contributed by atoms with Crippen molar-refractivity contribution in [2.75, 3.05) is 0 Å². The van der Waals surface area contributed by atoms with Crippen LogP contribution < -0.4 is 0 Å². The van der Waals surface area contributed by atoms with Gasteiger partial charge in [0.15, 0.2) is 5.78 Å². The van der Waals surface area contributed by atoms with Crippen molar-refractivity contribution in [3.63, 3.8) is 0 Å². The lowest BCUT2D eigenvalue weighted by Gasteiger charge is -2.23. The van der Waals surface area contributed by atoms with E-state index in [4.69, 9.17) is 4.84 Å². The number of hydroxylamine groups is 2. The molecule has 0 aliphatic rings. The fourth-order valence-electron chi connectivity index (χ4n) is 1.76. The third kappa shape index (κ3) is 7.93. The standard InChI is InChI=1S/C19H23NO3/c1-4-5-7-12-19(22)20(15-18-10-8-6-9-11-18)23-17(3)14-13-16(2)21/h4-14,17H,15H2,1-3H3/b5-4+,12-7+,14-13+. The Hall–Kier alpha value is -2.46. The third-order valence-corrected chi connectivity index (χ3v) is 2.85. The molecule has 1 amide bonds. The highest BCUT2D eigenvalue weighted by molar-refractivity contribution is 5.87. The van der Waals surface area contributed by atoms with Gasteiger partial charge in [-0.2, -0.15) is 0 Å². The number of amides is 1. The Labute approximate surface area is 137 Å². The van der Waals surface area contributed by atoms with Gasteiger partial charge in [0.2, 0.25) is 0 Å². The van der Waals surface area contributed by atoms with E-state index >= 15 is 0 Å². The number of hydrogen-bond acceptors (Lipinski definition) is 3. The van der Waals surface area contributed by atoms with E-state index in [2.05, 4.69) is 0 Å². The van der Waals surface area contributed by atoms with Crippen molar-refractivity contribution in [1.29, 1.82) is 0 Å². The Morgan fingerprint density at radius 2 is 1.87 bits per heavy atom. The first-order valence-electron chi connectivity index (χ1n) is 7.53. The first kappa shape index (κ1) is 18.6. The van der Waals surface area contributed by atoms with Gasteiger partial charge in [0, 0.05) is 6.08 Å². The monoisotopic (exact) mass is 313 g/mol. The molecule has 23 heavy (non-hydrogen) atoms. The van der Waals surface area contributed by atoms with Crippen LogP contribution in [0.2, 0.25) is 0 Å². The van der Waals surface area contributed by atoms with Crippen LogP contribution in [0, 0.1) is 0 Å². The molecule has 1 atom stereocenters. The van der Waals surface area contributed by atoms with Crippen molar-refractivity contribution in [2.24, 2.45) is 0 Å². The molecule has 0 saturated carbocycles. The van der Waals surface area contributed by atoms with Crippen molar-refractivity contribution in [2.45, 2.75) is 33.4 Å². The van der Waals surface area contributed by atoms with Gasteiger partial charge < -0.3 is 0 Å². The molecule has 0 aromatic heterocycles. The summed E-state index contributed by atoms with van der Waals surface area (Å²) < 4.78 is 0. The van der Waals surface area contributed by atoms with Crippen molar-refractivity contribution >= 4 is 11.7 Å². The quantitative estimate of drug-likeness (QED) is 0.418. The second-order valence-corrected chi connectivity index (χ2v) is 5.03. The predicted octanol–water partition coefficient (Wildman–Crippen LogP) is 3.61. The Kier molecular flexibility index (Phi) is 8.32. The van der Waals surface area contributed by atoms with E-state index in [1.54, 1.807) is 25.2 Å². The summed E-state index contributed by atoms with van der Waals surface area (Å²) in [4.78, 5) is 28.9. The summed E-state index contributed by atoms with van der Waals surface area (Å²) in [6.45, 7) is 5.45. The van der Waals surface area contributed by atoms with Crippen LogP contribution >= 0.6 is 0 Å². The fourth-order valence-corrected chi connectivity index (χ4v) is 1.76. The Morgan fingerprint density at radius 1 is 1.17 bits per heavy atom. The van der Waals surface area contributed by atoms with Crippen molar-refractivity contribution < 1.29 is 14.4 Å². The van der Waals surface area contributed by atoms with Gasteiger partial charge in [-0.3, -0.25) is 14.4 Å². The van der Waals surface area contributed by atoms with Crippen LogP contribution in [0.15, 0.2) is 66.8 Å². The number of nitrogens with zero attached hydrogens (tertiary/aromatic N) is 1. The molecule has 0 radical (unpaired) electrons. The van der Waals surface area contributed by atoms with Crippen LogP contribution in [0.25, 0.3) is 0 Å². The van der Waals surface area contributed by atoms with Crippen LogP contribution in [-0.2, 0) is 21.0 Å². The second-order valence-electron chi connectivity index (χ2n) is 5.03. The third-order valence-electron chi connectivity index (χ3n) is 2.85. The molecule has 0 fully saturated rings. The van der Waals surface area contributed by atoms with E-state index in [9.17, 15) is 9.59 Å². The molecule has 0 spiro atoms. The normalized spacial score (nSPS) is 13.0. The molecule has 0 aliphatic carbocycles. The summed E-state index contributed by atoms with van der Waals surface area (Å²) in [6, 6.07) is 9.59. The lowest BCUT2D eigenvalue weighted by atomic mass is 10.2. The van der Waals surface area contributed by atoms with Gasteiger partial charge in [0.05, 0.1) is 6.54 Å². The molecule has 1 rings (SSSR count). The summed E-state index contributed by atoms with van der Waals surface area (Å²) >= 11 is 0. The molecule has 0 bridgehead atoms. The smallest absolute Gasteiger partial charge is 0.270 e. The minimum absolute atomic E-state index is 0.0608. The molecule has 1 aromatic carbocycles. The zero-order valence-electron chi connectivity index (χ0n) is 13.8. The molecule has 0 N–H and O–H groups in total. The fraction of sp³-hybridized carbons (Fsp3) is 0.263. The van der Waals surface area contributed by atoms with Gasteiger partial charge in [-0.05, 0) is 32.4 Å². The summed E-state index contributed by atoms with van der Waals surface area (Å²) in [5.74, 6) is -0.315. The van der Waals surface area contributed by atoms with Gasteiger partial charge in [-0.1, -0.05) is 54.6 Å². The average Bonchev–Trinajstić information content (AvgIpc) is 2.53. The summed E-state index contributed by atoms with van der Waals surface area (Å²) in [5, 5.41) is 1.30. The molecule has 122 valence electrons. The molecule has 0 heterocycles. The van der Waals surface area contributed by atoms with Gasteiger partial charge >= 0.3 is 0 Å². The van der Waals surface area contributed by atoms with Crippen molar-refractivity contribution in [3.8, 4) is 0 Å². The number of allylic oxidation sites excluding steroid dienone is 4. The highest BCUT2D eigenvalue weighted by Gasteiger charge is 2.14. The van der Waals surface area contributed by atoms with E-state index in [1.165, 1.54) is 24.1 Å². The van der Waals surface area contributed by atoms with E-state index in [0.29, 0.717) is 6.54 Å². The Balaban J connectivity index is 2.82. The van der Waals surface area contributed by atoms with E-state index in [1.807, 2.05) is 43.3 Å². The summed E-state index contributed by atoms with van der Waals surface area (Å²) in [7, 11) is 0. The maximum Gasteiger partial charge on any atom is 0.270 e. The lowest BCUT2D eigenvalue weighted by Crippen LogP contribution is -2.32. The first-order valence-corrected chi connectivity index (χ1v) is 7.53. The maximum absolute atomic E-state index is 12.3. The molecular weight excluding hydrogens is 290 g/mol. The molecule has 4 nitrogen and oxygen atoms in total. The largest absolute Gasteiger partial charge is 0.295 e. The van der Waals surface area contributed by atoms with E-state index in [0.717, 1.165) is 5.56 Å². The number of carbonyl (C=O) groups is 2. The van der Waals surface area contributed by atoms with E-state index in [-0.39, 0.29) is 17.8 Å². The number of benzene rings is 1. The van der Waals surface area contributed by atoms with Crippen LogP contribution in [-0.4, -0.2) is 22.9 Å². The van der Waals surface area contributed by atoms with Crippen LogP contribution in [0.5, 0.6) is 0 Å². The van der Waals surface area contributed by atoms with Gasteiger partial charge in [0.1, 0.15) is 6.10 Å². The van der Waals surface area contributed by atoms with Gasteiger partial charge in [-0.15, -0.1) is 0 Å². The number of ketones is 1. The topological polar surface area (TPSA) is 46.6 Å². The Morgan fingerprint density at radius 3 is 2.48 bits per heavy atom. The first-order chi connectivity index (χ1) is 11.0. The molecule has 0 saturated heterocycles. The minimum atomic E-state index is -0.387. The molecule has 1 unspecified atom stereocenters. The number of carbonyl (C=O) groups excluding carboxylic acids is 2. The van der Waals surface area contributed by atoms with Gasteiger partial charge in [-0.25, -0.2) is 5.06 Å². The van der Waals surface area contributed by atoms with Crippen LogP contribution in [0.3, 0.4) is 0 Å². The SMILES string of the molecule is C/C=C/C=C/C(=O)N(Cc1ccccc1)OC(C)/C=C/C(C)=O. The summed E-state index contributed by atoms with van der Waals surface area (Å²) in [6.07, 6.45) is 9.41. The number of rotatable bonds is 8. The second kappa shape index (κ2) is 10.3. The van der Waals surface area contributed by atoms with Gasteiger partial charge in [0.25, 0.3) is 5.91 Å². The highest BCUT2D eigenvalue weighted by atomic mass is 16.7. The molecule has 0 aliphatic heterocycles. The molecular formula is C19H23NO3. The maximum atomic E-state index is 12.3. The van der Waals surface area contributed by atoms with E-state index < -0.39 is 0 Å². The highest BCUT2D eigenvalue weighted by Crippen LogP contribution is 2.09. The van der Waals surface area contributed by atoms with Crippen molar-refractivity contribution in [3.05, 3.63) is 72.4 Å². The van der Waals surface area contributed by atoms with Crippen molar-refractivity contribution in [1.82, 2.24) is 5.06 Å². The zero-order chi connectivity index (χ0) is 17.1. The van der Waals surface area contributed by atoms with Crippen LogP contribution in [0.1, 0.15) is 26.3 Å². The molecule has 4 heteroatoms. The minimum Gasteiger partial charge on any atom is -0.295 e. The average molecular weight is 313 g/mol. The Bertz CT molecular complexity index is 588. The predicted molar refractivity (Wildman–Crippen MR) is 91.3 cm³/mol. The lowest BCUT2D eigenvalue weighted by molar-refractivity contribution is -0.195. The van der Waals surface area contributed by atoms with Crippen LogP contribution in [0.4, 0.5) is 0 Å². The number of hydrogen-bond donors (Lipinski definition) is 0.